The van der Waals surface area contributed by atoms with Crippen LogP contribution in [0.2, 0.25) is 0 Å². The van der Waals surface area contributed by atoms with Crippen LogP contribution in [0.15, 0.2) is 132 Å². The van der Waals surface area contributed by atoms with Crippen molar-refractivity contribution in [1.82, 2.24) is 5.32 Å². The summed E-state index contributed by atoms with van der Waals surface area (Å²) in [5.74, 6) is -12.7. The molecule has 2 unspecified atom stereocenters. The van der Waals surface area contributed by atoms with E-state index < -0.39 is 221 Å². The van der Waals surface area contributed by atoms with Crippen molar-refractivity contribution in [2.75, 3.05) is 6.61 Å². The Morgan fingerprint density at radius 3 is 1.82 bits per heavy atom. The minimum absolute atomic E-state index is 0.0114. The number of fused-ring (bicyclic) bond motifs is 8. The quantitative estimate of drug-likeness (QED) is 0.0376. The number of hydrogen-bond acceptors (Lipinski definition) is 25. The van der Waals surface area contributed by atoms with Gasteiger partial charge in [0.1, 0.15) is 47.8 Å². The molecule has 0 spiro atoms. The number of Topliss-reactive ketones (excluding diaryl/α,β-unsaturated/α-hetero) is 1. The molecule has 19 atom stereocenters. The average Bonchev–Trinajstić information content (AvgIpc) is 0.669. The van der Waals surface area contributed by atoms with E-state index in [-0.39, 0.29) is 48.0 Å². The predicted octanol–water partition coefficient (Wildman–Crippen LogP) is 9.27. The Morgan fingerprint density at radius 1 is 0.667 bits per heavy atom. The maximum atomic E-state index is 16.6. The number of nitrogens with one attached hydrogen (secondary N) is 1. The second-order valence-corrected chi connectivity index (χ2v) is 32.1. The zero-order valence-corrected chi connectivity index (χ0v) is 63.7. The maximum Gasteiger partial charge on any atom is 0.408 e. The molecule has 6 aliphatic carbocycles. The van der Waals surface area contributed by atoms with Gasteiger partial charge >= 0.3 is 59.8 Å². The first-order chi connectivity index (χ1) is 50.5. The summed E-state index contributed by atoms with van der Waals surface area (Å²) < 4.78 is 68.2. The Morgan fingerprint density at radius 2 is 1.25 bits per heavy atom. The van der Waals surface area contributed by atoms with E-state index in [1.807, 2.05) is 19.9 Å². The van der Waals surface area contributed by atoms with Gasteiger partial charge in [-0.05, 0) is 129 Å². The molecule has 4 bridgehead atoms. The summed E-state index contributed by atoms with van der Waals surface area (Å²) in [6.07, 6.45) is -18.0. The van der Waals surface area contributed by atoms with Crippen LogP contribution in [-0.2, 0) is 95.3 Å². The Kier molecular flexibility index (Phi) is 23.3. The first-order valence-corrected chi connectivity index (χ1v) is 36.4. The molecule has 7 aliphatic rings. The summed E-state index contributed by atoms with van der Waals surface area (Å²) in [6.45, 7) is 26.5. The smallest absolute Gasteiger partial charge is 0.408 e. The Bertz CT molecular complexity index is 4140. The number of rotatable bonds is 19. The first-order valence-electron chi connectivity index (χ1n) is 36.4. The fourth-order valence-corrected chi connectivity index (χ4v) is 18.1. The highest BCUT2D eigenvalue weighted by Gasteiger charge is 2.79. The molecule has 1 saturated heterocycles. The number of esters is 9. The Balaban J connectivity index is 1.02. The third kappa shape index (κ3) is 15.5. The molecule has 4 N–H and O–H groups in total. The third-order valence-corrected chi connectivity index (χ3v) is 23.5. The number of benzene rings is 3. The van der Waals surface area contributed by atoms with Gasteiger partial charge in [0.15, 0.2) is 35.8 Å². The van der Waals surface area contributed by atoms with Crippen LogP contribution >= 0.6 is 0 Å². The molecule has 26 nitrogen and oxygen atoms in total. The molecule has 108 heavy (non-hydrogen) atoms. The fourth-order valence-electron chi connectivity index (χ4n) is 18.1. The lowest BCUT2D eigenvalue weighted by Gasteiger charge is -2.67. The van der Waals surface area contributed by atoms with Crippen LogP contribution in [0.5, 0.6) is 0 Å². The summed E-state index contributed by atoms with van der Waals surface area (Å²) >= 11 is 0. The summed E-state index contributed by atoms with van der Waals surface area (Å²) in [5.41, 5.74) is -10.4. The standard InChI is InChI=1S/C82H99NO25/c1-42-53-36-52-37-54(43(2)63(77(52,11)12)68(100-46(5)85)71(101-47(6)86)79(53,15)58(99-45(4)84)38-55(42)103-60(89)33-32-49-26-20-17-21-27-49)102-61(90)34-35-62(91)105-67-64-44(3)56(104-74(95)66(92)65(50-28-22-18-23-29-50)83-75(96)108-76(8,9)10)40-82(97,78(64,13)14)72(106-73(94)51-30-24-19-25-31-51)69-80(16,70(67)93)57(88)39-59-81(69,41-98-59)107-48(7)87/h17-33,52-59,65-69,71-72,88,92,97H,1,34-41H2,2-16H3,(H,83,96)/b33-32+/t52-,53-,54+,55+,56+,57+,58+,59-,65+,66-,67-,68-,69?,71+,72?,79+,80-,81+,82-/m1/s1. The van der Waals surface area contributed by atoms with Crippen LogP contribution < -0.4 is 5.32 Å². The van der Waals surface area contributed by atoms with Gasteiger partial charge in [0, 0.05) is 58.4 Å². The minimum Gasteiger partial charge on any atom is -0.462 e. The van der Waals surface area contributed by atoms with Crippen molar-refractivity contribution in [3.8, 4) is 0 Å². The number of aliphatic hydroxyl groups is 3. The van der Waals surface area contributed by atoms with Gasteiger partial charge in [-0.15, -0.1) is 0 Å². The second kappa shape index (κ2) is 30.9. The molecule has 1 amide bonds. The van der Waals surface area contributed by atoms with Gasteiger partial charge in [-0.1, -0.05) is 120 Å². The monoisotopic (exact) mass is 1500 g/mol. The average molecular weight is 1500 g/mol. The van der Waals surface area contributed by atoms with Crippen molar-refractivity contribution >= 4 is 71.7 Å². The number of carbonyl (C=O) groups is 11. The molecule has 26 heteroatoms. The van der Waals surface area contributed by atoms with Crippen molar-refractivity contribution in [3.05, 3.63) is 148 Å². The van der Waals surface area contributed by atoms with E-state index in [9.17, 15) is 58.5 Å². The second-order valence-electron chi connectivity index (χ2n) is 32.1. The molecule has 3 aromatic carbocycles. The van der Waals surface area contributed by atoms with Crippen molar-refractivity contribution < 1.29 is 120 Å². The number of ketones is 1. The van der Waals surface area contributed by atoms with E-state index >= 15 is 9.59 Å². The molecule has 0 aromatic heterocycles. The summed E-state index contributed by atoms with van der Waals surface area (Å²) in [4.78, 5) is 157. The molecule has 3 aromatic rings. The van der Waals surface area contributed by atoms with E-state index in [1.165, 1.54) is 78.8 Å². The normalized spacial score (nSPS) is 32.2. The molecule has 4 saturated carbocycles. The summed E-state index contributed by atoms with van der Waals surface area (Å²) in [7, 11) is 0. The molecule has 5 fully saturated rings. The van der Waals surface area contributed by atoms with E-state index in [0.29, 0.717) is 16.7 Å². The lowest BCUT2D eigenvalue weighted by molar-refractivity contribution is -0.346. The minimum atomic E-state index is -2.63. The summed E-state index contributed by atoms with van der Waals surface area (Å²) in [5, 5.41) is 41.7. The SMILES string of the molecule is C=C1[C@@H](OC(=O)/C=C/c2ccccc2)C[C@H](OC(C)=O)[C@]2(C)[C@@H]1C[C@@H]1C[C@H](OC(=O)CCC(=O)O[C@H]3C(=O)[C@@]4(C)C(C(OC(=O)c5ccccc5)[C@]5(O)C[C@H](OC(=O)[C@H](O)[C@@H](NC(=O)OC(C)(C)C)c6ccccc6)C(C)=C3C5(C)C)[C@]3(OC(C)=O)CO[C@@H]3C[C@@H]4O)C(C)=C([C@@H](OC(C)=O)[C@@H]2OC(C)=O)C1(C)C. The Labute approximate surface area is 627 Å². The van der Waals surface area contributed by atoms with Crippen molar-refractivity contribution in [1.29, 1.82) is 0 Å². The highest BCUT2D eigenvalue weighted by Crippen LogP contribution is 2.66. The lowest BCUT2D eigenvalue weighted by Crippen LogP contribution is -2.82. The highest BCUT2D eigenvalue weighted by molar-refractivity contribution is 5.96. The van der Waals surface area contributed by atoms with Crippen LogP contribution in [0, 0.1) is 39.4 Å². The lowest BCUT2D eigenvalue weighted by atomic mass is 9.44. The third-order valence-electron chi connectivity index (χ3n) is 23.5. The van der Waals surface area contributed by atoms with Gasteiger partial charge in [-0.3, -0.25) is 33.6 Å². The van der Waals surface area contributed by atoms with Crippen LogP contribution in [0.25, 0.3) is 6.08 Å². The predicted molar refractivity (Wildman–Crippen MR) is 383 cm³/mol. The zero-order chi connectivity index (χ0) is 79.3. The van der Waals surface area contributed by atoms with Crippen molar-refractivity contribution in [3.63, 3.8) is 0 Å². The van der Waals surface area contributed by atoms with Crippen LogP contribution in [-0.4, -0.2) is 171 Å². The van der Waals surface area contributed by atoms with E-state index in [1.54, 1.807) is 101 Å². The van der Waals surface area contributed by atoms with E-state index in [4.69, 9.17) is 52.1 Å². The number of alkyl carbamates (subject to hydrolysis) is 1. The van der Waals surface area contributed by atoms with E-state index in [2.05, 4.69) is 11.9 Å². The van der Waals surface area contributed by atoms with Crippen LogP contribution in [0.1, 0.15) is 176 Å². The number of ether oxygens (including phenoxy) is 11. The molecule has 0 radical (unpaired) electrons. The van der Waals surface area contributed by atoms with Crippen molar-refractivity contribution in [2.45, 2.75) is 239 Å². The van der Waals surface area contributed by atoms with Gasteiger partial charge in [0.25, 0.3) is 0 Å². The number of hydrogen-bond donors (Lipinski definition) is 4. The van der Waals surface area contributed by atoms with Gasteiger partial charge in [0.2, 0.25) is 0 Å². The van der Waals surface area contributed by atoms with Crippen LogP contribution in [0.4, 0.5) is 4.79 Å². The topological polar surface area (TPSA) is 362 Å². The van der Waals surface area contributed by atoms with Gasteiger partial charge in [-0.25, -0.2) is 19.2 Å². The van der Waals surface area contributed by atoms with Crippen LogP contribution in [0.3, 0.4) is 0 Å². The highest BCUT2D eigenvalue weighted by atomic mass is 16.6. The molecule has 1 heterocycles. The molecule has 582 valence electrons. The van der Waals surface area contributed by atoms with E-state index in [0.717, 1.165) is 12.5 Å². The number of carbonyl (C=O) groups excluding carboxylic acids is 11. The molecular weight excluding hydrogens is 1400 g/mol. The molecule has 1 aliphatic heterocycles. The van der Waals surface area contributed by atoms with Gasteiger partial charge in [0.05, 0.1) is 53.9 Å². The molecule has 10 rings (SSSR count). The van der Waals surface area contributed by atoms with Crippen molar-refractivity contribution in [2.24, 2.45) is 39.4 Å². The van der Waals surface area contributed by atoms with Gasteiger partial charge in [-0.2, -0.15) is 0 Å². The molecular formula is C82H99NO25. The van der Waals surface area contributed by atoms with Gasteiger partial charge < -0.3 is 72.7 Å². The Hall–Kier alpha value is -9.37. The first kappa shape index (κ1) is 81.2. The number of aliphatic hydroxyl groups excluding tert-OH is 2. The summed E-state index contributed by atoms with van der Waals surface area (Å²) in [6, 6.07) is 23.0. The number of amides is 1. The fraction of sp³-hybridized carbons (Fsp3) is 0.549. The maximum absolute atomic E-state index is 16.6. The largest absolute Gasteiger partial charge is 0.462 e. The zero-order valence-electron chi connectivity index (χ0n) is 63.7.